The van der Waals surface area contributed by atoms with Crippen LogP contribution in [0.4, 0.5) is 0 Å². The van der Waals surface area contributed by atoms with Crippen molar-refractivity contribution in [1.82, 2.24) is 9.62 Å². The summed E-state index contributed by atoms with van der Waals surface area (Å²) in [6.45, 7) is 0. The molecule has 144 valence electrons. The summed E-state index contributed by atoms with van der Waals surface area (Å²) in [6.07, 6.45) is 2.77. The van der Waals surface area contributed by atoms with Gasteiger partial charge in [0.1, 0.15) is 10.6 Å². The van der Waals surface area contributed by atoms with Crippen LogP contribution in [0.1, 0.15) is 35.2 Å². The Bertz CT molecular complexity index is 936. The first-order chi connectivity index (χ1) is 12.8. The fourth-order valence-corrected chi connectivity index (χ4v) is 4.35. The van der Waals surface area contributed by atoms with E-state index in [0.29, 0.717) is 5.56 Å². The van der Waals surface area contributed by atoms with Crippen molar-refractivity contribution in [2.45, 2.75) is 29.7 Å². The van der Waals surface area contributed by atoms with Gasteiger partial charge in [-0.1, -0.05) is 30.3 Å². The van der Waals surface area contributed by atoms with Gasteiger partial charge < -0.3 is 10.1 Å². The molecule has 0 heterocycles. The molecule has 1 aliphatic rings. The average Bonchev–Trinajstić information content (AvgIpc) is 2.64. The molecule has 2 aromatic carbocycles. The second-order valence-corrected chi connectivity index (χ2v) is 9.03. The monoisotopic (exact) mass is 388 g/mol. The summed E-state index contributed by atoms with van der Waals surface area (Å²) in [6, 6.07) is 14.3. The maximum absolute atomic E-state index is 12.9. The van der Waals surface area contributed by atoms with Crippen LogP contribution in [0, 0.1) is 0 Å². The van der Waals surface area contributed by atoms with E-state index in [2.05, 4.69) is 5.32 Å². The van der Waals surface area contributed by atoms with Crippen LogP contribution in [0.3, 0.4) is 0 Å². The standard InChI is InChI=1S/C20H24N2O4S/c1-22(2)27(24,25)18-14-15(10-11-17(18)26-3)19(23)21-20(12-7-13-20)16-8-5-4-6-9-16/h4-6,8-11,14H,7,12-13H2,1-3H3,(H,21,23). The zero-order valence-corrected chi connectivity index (χ0v) is 16.5. The van der Waals surface area contributed by atoms with Crippen molar-refractivity contribution in [3.63, 3.8) is 0 Å². The molecule has 0 saturated heterocycles. The number of carbonyl (C=O) groups excluding carboxylic acids is 1. The van der Waals surface area contributed by atoms with Crippen molar-refractivity contribution >= 4 is 15.9 Å². The summed E-state index contributed by atoms with van der Waals surface area (Å²) in [5.41, 5.74) is 0.969. The Labute approximate surface area is 160 Å². The molecule has 0 spiro atoms. The maximum atomic E-state index is 12.9. The molecule has 27 heavy (non-hydrogen) atoms. The normalized spacial score (nSPS) is 15.9. The number of hydrogen-bond donors (Lipinski definition) is 1. The Kier molecular flexibility index (Phi) is 5.26. The molecule has 0 radical (unpaired) electrons. The molecule has 6 nitrogen and oxygen atoms in total. The van der Waals surface area contributed by atoms with Crippen LogP contribution < -0.4 is 10.1 Å². The molecule has 0 atom stereocenters. The summed E-state index contributed by atoms with van der Waals surface area (Å²) in [7, 11) is 0.560. The van der Waals surface area contributed by atoms with Gasteiger partial charge in [-0.05, 0) is 43.0 Å². The zero-order chi connectivity index (χ0) is 19.7. The Morgan fingerprint density at radius 1 is 1.11 bits per heavy atom. The van der Waals surface area contributed by atoms with E-state index in [-0.39, 0.29) is 16.6 Å². The fraction of sp³-hybridized carbons (Fsp3) is 0.350. The van der Waals surface area contributed by atoms with Gasteiger partial charge >= 0.3 is 0 Å². The lowest BCUT2D eigenvalue weighted by molar-refractivity contribution is 0.0823. The second kappa shape index (κ2) is 7.32. The molecule has 1 N–H and O–H groups in total. The summed E-state index contributed by atoms with van der Waals surface area (Å²) < 4.78 is 31.4. The minimum absolute atomic E-state index is 0.0231. The van der Waals surface area contributed by atoms with Crippen LogP contribution in [0.5, 0.6) is 5.75 Å². The number of ether oxygens (including phenoxy) is 1. The van der Waals surface area contributed by atoms with E-state index in [0.717, 1.165) is 29.1 Å². The van der Waals surface area contributed by atoms with Gasteiger partial charge in [0.25, 0.3) is 5.91 Å². The quantitative estimate of drug-likeness (QED) is 0.826. The number of rotatable bonds is 6. The molecule has 2 aromatic rings. The van der Waals surface area contributed by atoms with Gasteiger partial charge in [-0.2, -0.15) is 0 Å². The van der Waals surface area contributed by atoms with E-state index in [1.165, 1.54) is 33.3 Å². The Hall–Kier alpha value is -2.38. The number of amides is 1. The van der Waals surface area contributed by atoms with Gasteiger partial charge in [-0.3, -0.25) is 4.79 Å². The van der Waals surface area contributed by atoms with Gasteiger partial charge in [-0.15, -0.1) is 0 Å². The van der Waals surface area contributed by atoms with E-state index >= 15 is 0 Å². The highest BCUT2D eigenvalue weighted by Gasteiger charge is 2.40. The largest absolute Gasteiger partial charge is 0.495 e. The first-order valence-electron chi connectivity index (χ1n) is 8.79. The Morgan fingerprint density at radius 3 is 2.30 bits per heavy atom. The molecule has 3 rings (SSSR count). The number of nitrogens with one attached hydrogen (secondary N) is 1. The fourth-order valence-electron chi connectivity index (χ4n) is 3.28. The van der Waals surface area contributed by atoms with Gasteiger partial charge in [0, 0.05) is 19.7 Å². The molecule has 0 bridgehead atoms. The number of hydrogen-bond acceptors (Lipinski definition) is 4. The number of sulfonamides is 1. The zero-order valence-electron chi connectivity index (χ0n) is 15.7. The molecule has 0 unspecified atom stereocenters. The summed E-state index contributed by atoms with van der Waals surface area (Å²) in [4.78, 5) is 12.9. The first kappa shape index (κ1) is 19.4. The van der Waals surface area contributed by atoms with Crippen molar-refractivity contribution in [3.8, 4) is 5.75 Å². The molecular formula is C20H24N2O4S. The van der Waals surface area contributed by atoms with Crippen LogP contribution in [-0.2, 0) is 15.6 Å². The van der Waals surface area contributed by atoms with Crippen molar-refractivity contribution in [2.24, 2.45) is 0 Å². The van der Waals surface area contributed by atoms with Crippen LogP contribution >= 0.6 is 0 Å². The van der Waals surface area contributed by atoms with Crippen LogP contribution in [0.25, 0.3) is 0 Å². The lowest BCUT2D eigenvalue weighted by Crippen LogP contribution is -2.50. The topological polar surface area (TPSA) is 75.7 Å². The van der Waals surface area contributed by atoms with Gasteiger partial charge in [-0.25, -0.2) is 12.7 Å². The Balaban J connectivity index is 1.94. The number of benzene rings is 2. The number of nitrogens with zero attached hydrogens (tertiary/aromatic N) is 1. The van der Waals surface area contributed by atoms with E-state index in [9.17, 15) is 13.2 Å². The van der Waals surface area contributed by atoms with Gasteiger partial charge in [0.15, 0.2) is 0 Å². The van der Waals surface area contributed by atoms with E-state index in [1.54, 1.807) is 6.07 Å². The average molecular weight is 388 g/mol. The number of carbonyl (C=O) groups is 1. The highest BCUT2D eigenvalue weighted by molar-refractivity contribution is 7.89. The third kappa shape index (κ3) is 3.57. The van der Waals surface area contributed by atoms with Crippen molar-refractivity contribution in [1.29, 1.82) is 0 Å². The SMILES string of the molecule is COc1ccc(C(=O)NC2(c3ccccc3)CCC2)cc1S(=O)(=O)N(C)C. The van der Waals surface area contributed by atoms with Crippen molar-refractivity contribution in [3.05, 3.63) is 59.7 Å². The Morgan fingerprint density at radius 2 is 1.78 bits per heavy atom. The lowest BCUT2D eigenvalue weighted by atomic mass is 9.71. The molecule has 1 saturated carbocycles. The highest BCUT2D eigenvalue weighted by Crippen LogP contribution is 2.41. The van der Waals surface area contributed by atoms with Crippen molar-refractivity contribution < 1.29 is 17.9 Å². The van der Waals surface area contributed by atoms with Crippen LogP contribution in [-0.4, -0.2) is 39.8 Å². The summed E-state index contributed by atoms with van der Waals surface area (Å²) >= 11 is 0. The minimum Gasteiger partial charge on any atom is -0.495 e. The first-order valence-corrected chi connectivity index (χ1v) is 10.2. The highest BCUT2D eigenvalue weighted by atomic mass is 32.2. The van der Waals surface area contributed by atoms with Gasteiger partial charge in [0.2, 0.25) is 10.0 Å². The molecule has 1 amide bonds. The molecule has 0 aromatic heterocycles. The maximum Gasteiger partial charge on any atom is 0.252 e. The molecule has 1 aliphatic carbocycles. The predicted octanol–water partition coefficient (Wildman–Crippen LogP) is 2.75. The summed E-state index contributed by atoms with van der Waals surface area (Å²) in [5, 5.41) is 3.12. The third-order valence-electron chi connectivity index (χ3n) is 5.07. The molecule has 1 fully saturated rings. The van der Waals surface area contributed by atoms with Crippen LogP contribution in [0.2, 0.25) is 0 Å². The van der Waals surface area contributed by atoms with E-state index in [1.807, 2.05) is 30.3 Å². The lowest BCUT2D eigenvalue weighted by Gasteiger charge is -2.43. The van der Waals surface area contributed by atoms with Gasteiger partial charge in [0.05, 0.1) is 12.6 Å². The van der Waals surface area contributed by atoms with Crippen LogP contribution in [0.15, 0.2) is 53.4 Å². The van der Waals surface area contributed by atoms with E-state index in [4.69, 9.17) is 4.74 Å². The minimum atomic E-state index is -3.73. The molecular weight excluding hydrogens is 364 g/mol. The predicted molar refractivity (Wildman–Crippen MR) is 103 cm³/mol. The summed E-state index contributed by atoms with van der Waals surface area (Å²) in [5.74, 6) is -0.0851. The van der Waals surface area contributed by atoms with E-state index < -0.39 is 15.6 Å². The smallest absolute Gasteiger partial charge is 0.252 e. The number of methoxy groups -OCH3 is 1. The molecule has 7 heteroatoms. The van der Waals surface area contributed by atoms with Crippen molar-refractivity contribution in [2.75, 3.05) is 21.2 Å². The second-order valence-electron chi connectivity index (χ2n) is 6.91. The third-order valence-corrected chi connectivity index (χ3v) is 6.91. The molecule has 0 aliphatic heterocycles.